The Bertz CT molecular complexity index is 1910. The van der Waals surface area contributed by atoms with Crippen LogP contribution in [0.25, 0.3) is 21.5 Å². The topological polar surface area (TPSA) is 167 Å². The third-order valence-corrected chi connectivity index (χ3v) is 8.03. The molecule has 0 aromatic heterocycles. The van der Waals surface area contributed by atoms with E-state index in [1.54, 1.807) is 24.3 Å². The molecule has 40 heavy (non-hydrogen) atoms. The third-order valence-electron chi connectivity index (χ3n) is 6.20. The highest BCUT2D eigenvalue weighted by atomic mass is 32.2. The standard InChI is InChI=1S/C28H20N2O8S2/c31-27(29-23-12-2-10-21-19(23)8-4-14-25(21)39(33,34)35)17-6-1-7-18(16-17)28(32)30-24-13-3-11-22-20(24)9-5-15-26(22)40(36,37)38/h1-16H,(H,29,31)(H,30,32)(H,33,34,35)(H,36,37,38). The second-order valence-electron chi connectivity index (χ2n) is 8.75. The summed E-state index contributed by atoms with van der Waals surface area (Å²) in [7, 11) is -8.98. The zero-order valence-corrected chi connectivity index (χ0v) is 22.0. The van der Waals surface area contributed by atoms with E-state index < -0.39 is 32.1 Å². The monoisotopic (exact) mass is 576 g/mol. The fraction of sp³-hybridized carbons (Fsp3) is 0. The Balaban J connectivity index is 1.43. The zero-order chi connectivity index (χ0) is 28.7. The van der Waals surface area contributed by atoms with Crippen LogP contribution in [0, 0.1) is 0 Å². The molecule has 0 saturated heterocycles. The fourth-order valence-corrected chi connectivity index (χ4v) is 5.83. The molecule has 0 bridgehead atoms. The molecule has 12 heteroatoms. The van der Waals surface area contributed by atoms with E-state index in [0.717, 1.165) is 0 Å². The minimum atomic E-state index is -4.49. The van der Waals surface area contributed by atoms with Gasteiger partial charge in [0, 0.05) is 44.0 Å². The van der Waals surface area contributed by atoms with Crippen LogP contribution in [0.5, 0.6) is 0 Å². The van der Waals surface area contributed by atoms with Gasteiger partial charge in [-0.15, -0.1) is 0 Å². The maximum absolute atomic E-state index is 13.1. The normalized spacial score (nSPS) is 11.8. The summed E-state index contributed by atoms with van der Waals surface area (Å²) in [6, 6.07) is 23.7. The van der Waals surface area contributed by atoms with E-state index in [9.17, 15) is 35.5 Å². The number of anilines is 2. The van der Waals surface area contributed by atoms with Gasteiger partial charge >= 0.3 is 0 Å². The van der Waals surface area contributed by atoms with Gasteiger partial charge in [0.05, 0.1) is 0 Å². The number of nitrogens with one attached hydrogen (secondary N) is 2. The van der Waals surface area contributed by atoms with Crippen molar-refractivity contribution in [1.82, 2.24) is 0 Å². The summed E-state index contributed by atoms with van der Waals surface area (Å²) in [4.78, 5) is 25.6. The van der Waals surface area contributed by atoms with Crippen LogP contribution in [0.15, 0.2) is 107 Å². The molecule has 5 aromatic rings. The van der Waals surface area contributed by atoms with Crippen LogP contribution in [-0.4, -0.2) is 37.8 Å². The summed E-state index contributed by atoms with van der Waals surface area (Å²) >= 11 is 0. The SMILES string of the molecule is O=C(Nc1cccc2c(S(=O)(=O)O)cccc12)c1cccc(C(=O)Nc2cccc3c(S(=O)(=O)O)cccc23)c1. The first kappa shape index (κ1) is 27.0. The van der Waals surface area contributed by atoms with Crippen LogP contribution in [0.4, 0.5) is 11.4 Å². The van der Waals surface area contributed by atoms with Crippen molar-refractivity contribution in [2.24, 2.45) is 0 Å². The molecule has 5 rings (SSSR count). The predicted molar refractivity (Wildman–Crippen MR) is 150 cm³/mol. The van der Waals surface area contributed by atoms with Crippen molar-refractivity contribution in [3.8, 4) is 0 Å². The lowest BCUT2D eigenvalue weighted by Gasteiger charge is -2.12. The van der Waals surface area contributed by atoms with Gasteiger partial charge in [0.2, 0.25) is 0 Å². The van der Waals surface area contributed by atoms with E-state index in [4.69, 9.17) is 0 Å². The highest BCUT2D eigenvalue weighted by Crippen LogP contribution is 2.30. The van der Waals surface area contributed by atoms with Crippen molar-refractivity contribution in [3.05, 3.63) is 108 Å². The van der Waals surface area contributed by atoms with Crippen LogP contribution in [0.1, 0.15) is 20.7 Å². The van der Waals surface area contributed by atoms with E-state index in [2.05, 4.69) is 10.6 Å². The van der Waals surface area contributed by atoms with Crippen molar-refractivity contribution in [2.75, 3.05) is 10.6 Å². The number of hydrogen-bond acceptors (Lipinski definition) is 6. The van der Waals surface area contributed by atoms with Gasteiger partial charge in [-0.05, 0) is 42.5 Å². The maximum atomic E-state index is 13.1. The summed E-state index contributed by atoms with van der Waals surface area (Å²) in [5, 5.41) is 6.65. The quantitative estimate of drug-likeness (QED) is 0.205. The van der Waals surface area contributed by atoms with E-state index in [1.807, 2.05) is 0 Å². The zero-order valence-electron chi connectivity index (χ0n) is 20.4. The Hall–Kier alpha value is -4.62. The highest BCUT2D eigenvalue weighted by molar-refractivity contribution is 7.86. The van der Waals surface area contributed by atoms with Crippen LogP contribution in [0.2, 0.25) is 0 Å². The van der Waals surface area contributed by atoms with Gasteiger partial charge in [-0.3, -0.25) is 18.7 Å². The molecule has 0 spiro atoms. The van der Waals surface area contributed by atoms with E-state index in [-0.39, 0.29) is 31.7 Å². The molecule has 0 radical (unpaired) electrons. The van der Waals surface area contributed by atoms with Crippen molar-refractivity contribution in [3.63, 3.8) is 0 Å². The average molecular weight is 577 g/mol. The highest BCUT2D eigenvalue weighted by Gasteiger charge is 2.18. The summed E-state index contributed by atoms with van der Waals surface area (Å²) in [5.41, 5.74) is 0.880. The minimum Gasteiger partial charge on any atom is -0.321 e. The second-order valence-corrected chi connectivity index (χ2v) is 11.5. The number of carbonyl (C=O) groups is 2. The maximum Gasteiger partial charge on any atom is 0.295 e. The summed E-state index contributed by atoms with van der Waals surface area (Å²) in [5.74, 6) is -1.13. The predicted octanol–water partition coefficient (Wildman–Crippen LogP) is 4.99. The van der Waals surface area contributed by atoms with Gasteiger partial charge in [0.25, 0.3) is 32.1 Å². The fourth-order valence-electron chi connectivity index (χ4n) is 4.42. The van der Waals surface area contributed by atoms with Crippen LogP contribution in [0.3, 0.4) is 0 Å². The van der Waals surface area contributed by atoms with E-state index >= 15 is 0 Å². The number of benzene rings is 5. The van der Waals surface area contributed by atoms with Crippen LogP contribution < -0.4 is 10.6 Å². The molecule has 0 aliphatic rings. The second kappa shape index (κ2) is 10.2. The van der Waals surface area contributed by atoms with Crippen molar-refractivity contribution >= 4 is 65.0 Å². The lowest BCUT2D eigenvalue weighted by atomic mass is 10.1. The first-order valence-electron chi connectivity index (χ1n) is 11.6. The molecule has 0 aliphatic carbocycles. The molecule has 4 N–H and O–H groups in total. The number of fused-ring (bicyclic) bond motifs is 2. The Morgan fingerprint density at radius 3 is 1.25 bits per heavy atom. The summed E-state index contributed by atoms with van der Waals surface area (Å²) < 4.78 is 66.1. The van der Waals surface area contributed by atoms with Crippen LogP contribution in [-0.2, 0) is 20.2 Å². The number of carbonyl (C=O) groups excluding carboxylic acids is 2. The molecule has 0 saturated carbocycles. The Labute approximate surface area is 228 Å². The van der Waals surface area contributed by atoms with Crippen molar-refractivity contribution in [1.29, 1.82) is 0 Å². The Morgan fingerprint density at radius 2 is 0.850 bits per heavy atom. The number of hydrogen-bond donors (Lipinski definition) is 4. The van der Waals surface area contributed by atoms with Crippen molar-refractivity contribution < 1.29 is 35.5 Å². The van der Waals surface area contributed by atoms with Gasteiger partial charge in [0.1, 0.15) is 9.79 Å². The van der Waals surface area contributed by atoms with E-state index in [1.165, 1.54) is 72.8 Å². The first-order valence-corrected chi connectivity index (χ1v) is 14.5. The molecule has 0 unspecified atom stereocenters. The van der Waals surface area contributed by atoms with Crippen molar-refractivity contribution in [2.45, 2.75) is 9.79 Å². The smallest absolute Gasteiger partial charge is 0.295 e. The molecule has 0 atom stereocenters. The van der Waals surface area contributed by atoms with Gasteiger partial charge in [-0.1, -0.05) is 54.6 Å². The third kappa shape index (κ3) is 5.28. The molecule has 0 fully saturated rings. The van der Waals surface area contributed by atoms with Gasteiger partial charge in [0.15, 0.2) is 0 Å². The van der Waals surface area contributed by atoms with Gasteiger partial charge in [-0.2, -0.15) is 16.8 Å². The van der Waals surface area contributed by atoms with Gasteiger partial charge in [-0.25, -0.2) is 0 Å². The molecule has 5 aromatic carbocycles. The van der Waals surface area contributed by atoms with Crippen LogP contribution >= 0.6 is 0 Å². The molecule has 0 heterocycles. The minimum absolute atomic E-state index is 0.141. The number of rotatable bonds is 6. The molecular weight excluding hydrogens is 556 g/mol. The average Bonchev–Trinajstić information content (AvgIpc) is 2.91. The largest absolute Gasteiger partial charge is 0.321 e. The number of amides is 2. The molecule has 10 nitrogen and oxygen atoms in total. The lowest BCUT2D eigenvalue weighted by molar-refractivity contribution is 0.102. The summed E-state index contributed by atoms with van der Waals surface area (Å²) in [6.07, 6.45) is 0. The lowest BCUT2D eigenvalue weighted by Crippen LogP contribution is -2.16. The Kier molecular flexibility index (Phi) is 6.85. The molecular formula is C28H20N2O8S2. The molecule has 0 aliphatic heterocycles. The van der Waals surface area contributed by atoms with E-state index in [0.29, 0.717) is 22.1 Å². The Morgan fingerprint density at radius 1 is 0.500 bits per heavy atom. The molecule has 2 amide bonds. The summed E-state index contributed by atoms with van der Waals surface area (Å²) in [6.45, 7) is 0. The first-order chi connectivity index (χ1) is 18.9. The van der Waals surface area contributed by atoms with Gasteiger partial charge < -0.3 is 10.6 Å². The molecule has 202 valence electrons.